The minimum absolute atomic E-state index is 0.193. The molecule has 0 aliphatic rings. The molecule has 1 aromatic heterocycles. The lowest BCUT2D eigenvalue weighted by molar-refractivity contribution is 0.455. The third-order valence-corrected chi connectivity index (χ3v) is 2.57. The van der Waals surface area contributed by atoms with Gasteiger partial charge in [-0.1, -0.05) is 36.4 Å². The van der Waals surface area contributed by atoms with Gasteiger partial charge >= 0.3 is 0 Å². The van der Waals surface area contributed by atoms with E-state index >= 15 is 0 Å². The van der Waals surface area contributed by atoms with Crippen LogP contribution >= 0.6 is 0 Å². The van der Waals surface area contributed by atoms with E-state index in [0.717, 1.165) is 23.2 Å². The first kappa shape index (κ1) is 10.7. The maximum absolute atomic E-state index is 13.0. The summed E-state index contributed by atoms with van der Waals surface area (Å²) in [4.78, 5) is 7.25. The highest BCUT2D eigenvalue weighted by Crippen LogP contribution is 2.28. The summed E-state index contributed by atoms with van der Waals surface area (Å²) in [5, 5.41) is 2.02. The molecule has 0 atom stereocenters. The van der Waals surface area contributed by atoms with Crippen molar-refractivity contribution >= 4 is 10.8 Å². The maximum atomic E-state index is 13.0. The van der Waals surface area contributed by atoms with Crippen molar-refractivity contribution in [2.45, 2.75) is 0 Å². The lowest BCUT2D eigenvalue weighted by Gasteiger charge is -2.07. The molecule has 0 bridgehead atoms. The van der Waals surface area contributed by atoms with E-state index < -0.39 is 5.95 Å². The van der Waals surface area contributed by atoms with E-state index in [-0.39, 0.29) is 5.88 Å². The Kier molecular flexibility index (Phi) is 2.61. The van der Waals surface area contributed by atoms with Gasteiger partial charge in [0.1, 0.15) is 12.1 Å². The van der Waals surface area contributed by atoms with Gasteiger partial charge in [0.05, 0.1) is 6.07 Å². The number of halogens is 1. The Morgan fingerprint density at radius 3 is 2.67 bits per heavy atom. The predicted octanol–water partition coefficient (Wildman–Crippen LogP) is 3.56. The van der Waals surface area contributed by atoms with Gasteiger partial charge in [0, 0.05) is 5.39 Å². The number of rotatable bonds is 2. The van der Waals surface area contributed by atoms with Crippen LogP contribution in [0, 0.1) is 5.95 Å². The molecule has 0 aliphatic heterocycles. The normalized spacial score (nSPS) is 10.5. The molecule has 2 aromatic carbocycles. The highest BCUT2D eigenvalue weighted by Gasteiger charge is 2.04. The lowest BCUT2D eigenvalue weighted by Crippen LogP contribution is -1.91. The molecule has 88 valence electrons. The van der Waals surface area contributed by atoms with E-state index in [1.165, 1.54) is 0 Å². The smallest absolute Gasteiger partial charge is 0.225 e. The number of ether oxygens (including phenoxy) is 1. The standard InChI is InChI=1S/C14H9FN2O/c15-13-8-14(17-9-16-13)18-12-7-3-5-10-4-1-2-6-11(10)12/h1-9H. The minimum Gasteiger partial charge on any atom is -0.438 e. The summed E-state index contributed by atoms with van der Waals surface area (Å²) in [6, 6.07) is 14.7. The molecule has 0 fully saturated rings. The number of aromatic nitrogens is 2. The number of hydrogen-bond donors (Lipinski definition) is 0. The fourth-order valence-corrected chi connectivity index (χ4v) is 1.77. The van der Waals surface area contributed by atoms with Crippen LogP contribution in [0.4, 0.5) is 4.39 Å². The van der Waals surface area contributed by atoms with Gasteiger partial charge in [-0.3, -0.25) is 0 Å². The summed E-state index contributed by atoms with van der Waals surface area (Å²) in [6.45, 7) is 0. The molecular weight excluding hydrogens is 231 g/mol. The molecule has 3 rings (SSSR count). The zero-order valence-corrected chi connectivity index (χ0v) is 9.38. The molecule has 0 N–H and O–H groups in total. The van der Waals surface area contributed by atoms with Crippen LogP contribution < -0.4 is 4.74 Å². The van der Waals surface area contributed by atoms with E-state index in [2.05, 4.69) is 9.97 Å². The molecular formula is C14H9FN2O. The van der Waals surface area contributed by atoms with Gasteiger partial charge in [-0.2, -0.15) is 4.39 Å². The molecule has 0 unspecified atom stereocenters. The summed E-state index contributed by atoms with van der Waals surface area (Å²) >= 11 is 0. The molecule has 4 heteroatoms. The van der Waals surface area contributed by atoms with Crippen LogP contribution in [0.3, 0.4) is 0 Å². The highest BCUT2D eigenvalue weighted by atomic mass is 19.1. The third kappa shape index (κ3) is 2.00. The monoisotopic (exact) mass is 240 g/mol. The lowest BCUT2D eigenvalue weighted by atomic mass is 10.1. The molecule has 3 nitrogen and oxygen atoms in total. The second kappa shape index (κ2) is 4.41. The van der Waals surface area contributed by atoms with Gasteiger partial charge in [-0.05, 0) is 11.5 Å². The largest absolute Gasteiger partial charge is 0.438 e. The fraction of sp³-hybridized carbons (Fsp3) is 0. The van der Waals surface area contributed by atoms with Gasteiger partial charge in [0.15, 0.2) is 0 Å². The zero-order chi connectivity index (χ0) is 12.4. The van der Waals surface area contributed by atoms with Crippen molar-refractivity contribution < 1.29 is 9.13 Å². The van der Waals surface area contributed by atoms with Crippen molar-refractivity contribution in [2.75, 3.05) is 0 Å². The topological polar surface area (TPSA) is 35.0 Å². The van der Waals surface area contributed by atoms with Gasteiger partial charge in [-0.25, -0.2) is 9.97 Å². The van der Waals surface area contributed by atoms with Crippen LogP contribution in [0.15, 0.2) is 54.9 Å². The third-order valence-electron chi connectivity index (χ3n) is 2.57. The maximum Gasteiger partial charge on any atom is 0.225 e. The molecule has 0 saturated carbocycles. The van der Waals surface area contributed by atoms with Gasteiger partial charge in [0.25, 0.3) is 0 Å². The van der Waals surface area contributed by atoms with Crippen molar-refractivity contribution in [1.82, 2.24) is 9.97 Å². The van der Waals surface area contributed by atoms with E-state index in [1.807, 2.05) is 42.5 Å². The minimum atomic E-state index is -0.611. The van der Waals surface area contributed by atoms with Crippen LogP contribution in [0.5, 0.6) is 11.6 Å². The Hall–Kier alpha value is -2.49. The summed E-state index contributed by atoms with van der Waals surface area (Å²) in [5.74, 6) is 0.227. The second-order valence-electron chi connectivity index (χ2n) is 3.76. The van der Waals surface area contributed by atoms with Gasteiger partial charge in [-0.15, -0.1) is 0 Å². The number of nitrogens with zero attached hydrogens (tertiary/aromatic N) is 2. The van der Waals surface area contributed by atoms with Crippen molar-refractivity contribution in [1.29, 1.82) is 0 Å². The van der Waals surface area contributed by atoms with Gasteiger partial charge in [0.2, 0.25) is 11.8 Å². The molecule has 0 saturated heterocycles. The molecule has 0 radical (unpaired) electrons. The average Bonchev–Trinajstić information content (AvgIpc) is 2.39. The molecule has 0 amide bonds. The Labute approximate surface area is 103 Å². The Morgan fingerprint density at radius 2 is 1.78 bits per heavy atom. The van der Waals surface area contributed by atoms with E-state index in [0.29, 0.717) is 5.75 Å². The van der Waals surface area contributed by atoms with Crippen molar-refractivity contribution in [3.05, 3.63) is 60.8 Å². The molecule has 0 spiro atoms. The first-order chi connectivity index (χ1) is 8.83. The molecule has 1 heterocycles. The number of hydrogen-bond acceptors (Lipinski definition) is 3. The summed E-state index contributed by atoms with van der Waals surface area (Å²) in [6.07, 6.45) is 1.13. The average molecular weight is 240 g/mol. The van der Waals surface area contributed by atoms with E-state index in [9.17, 15) is 4.39 Å². The first-order valence-corrected chi connectivity index (χ1v) is 5.46. The second-order valence-corrected chi connectivity index (χ2v) is 3.76. The van der Waals surface area contributed by atoms with Crippen LogP contribution in [0.2, 0.25) is 0 Å². The van der Waals surface area contributed by atoms with Crippen LogP contribution in [0.25, 0.3) is 10.8 Å². The Morgan fingerprint density at radius 1 is 0.944 bits per heavy atom. The molecule has 3 aromatic rings. The summed E-state index contributed by atoms with van der Waals surface area (Å²) < 4.78 is 18.5. The zero-order valence-electron chi connectivity index (χ0n) is 9.38. The SMILES string of the molecule is Fc1cc(Oc2cccc3ccccc23)ncn1. The summed E-state index contributed by atoms with van der Waals surface area (Å²) in [7, 11) is 0. The fourth-order valence-electron chi connectivity index (χ4n) is 1.77. The van der Waals surface area contributed by atoms with Gasteiger partial charge < -0.3 is 4.74 Å². The first-order valence-electron chi connectivity index (χ1n) is 5.46. The summed E-state index contributed by atoms with van der Waals surface area (Å²) in [5.41, 5.74) is 0. The van der Waals surface area contributed by atoms with E-state index in [1.54, 1.807) is 0 Å². The van der Waals surface area contributed by atoms with Crippen LogP contribution in [-0.4, -0.2) is 9.97 Å². The highest BCUT2D eigenvalue weighted by molar-refractivity contribution is 5.88. The number of benzene rings is 2. The van der Waals surface area contributed by atoms with Crippen molar-refractivity contribution in [3.63, 3.8) is 0 Å². The predicted molar refractivity (Wildman–Crippen MR) is 66.0 cm³/mol. The molecule has 0 aliphatic carbocycles. The van der Waals surface area contributed by atoms with E-state index in [4.69, 9.17) is 4.74 Å². The molecule has 18 heavy (non-hydrogen) atoms. The quantitative estimate of drug-likeness (QED) is 0.642. The van der Waals surface area contributed by atoms with Crippen molar-refractivity contribution in [3.8, 4) is 11.6 Å². The Bertz CT molecular complexity index is 695. The number of fused-ring (bicyclic) bond motifs is 1. The Balaban J connectivity index is 2.05. The van der Waals surface area contributed by atoms with Crippen LogP contribution in [0.1, 0.15) is 0 Å². The van der Waals surface area contributed by atoms with Crippen LogP contribution in [-0.2, 0) is 0 Å². The van der Waals surface area contributed by atoms with Crippen molar-refractivity contribution in [2.24, 2.45) is 0 Å².